The van der Waals surface area contributed by atoms with Crippen molar-refractivity contribution in [1.29, 1.82) is 0 Å². The Morgan fingerprint density at radius 3 is 2.53 bits per heavy atom. The summed E-state index contributed by atoms with van der Waals surface area (Å²) >= 11 is 0. The first-order chi connectivity index (χ1) is 17.2. The number of fused-ring (bicyclic) bond motifs is 1. The van der Waals surface area contributed by atoms with Gasteiger partial charge in [0.15, 0.2) is 0 Å². The summed E-state index contributed by atoms with van der Waals surface area (Å²) in [6.45, 7) is 4.58. The van der Waals surface area contributed by atoms with Crippen LogP contribution in [0.15, 0.2) is 36.4 Å². The molecule has 1 aromatic heterocycles. The molecule has 2 heterocycles. The van der Waals surface area contributed by atoms with E-state index in [1.807, 2.05) is 6.07 Å². The first kappa shape index (κ1) is 25.5. The van der Waals surface area contributed by atoms with Gasteiger partial charge in [-0.15, -0.1) is 0 Å². The van der Waals surface area contributed by atoms with Gasteiger partial charge < -0.3 is 24.6 Å². The molecular weight excluding hydrogens is 480 g/mol. The minimum absolute atomic E-state index is 0.116. The molecule has 0 atom stereocenters. The topological polar surface area (TPSA) is 66.9 Å². The third kappa shape index (κ3) is 4.88. The van der Waals surface area contributed by atoms with Crippen molar-refractivity contribution < 1.29 is 31.8 Å². The van der Waals surface area contributed by atoms with Gasteiger partial charge in [-0.2, -0.15) is 13.2 Å². The summed E-state index contributed by atoms with van der Waals surface area (Å²) in [5.41, 5.74) is -0.921. The number of hydrogen-bond donors (Lipinski definition) is 1. The van der Waals surface area contributed by atoms with E-state index in [1.54, 1.807) is 12.1 Å². The molecule has 36 heavy (non-hydrogen) atoms. The fraction of sp³-hybridized carbons (Fsp3) is 0.360. The van der Waals surface area contributed by atoms with Crippen LogP contribution < -0.4 is 19.9 Å². The summed E-state index contributed by atoms with van der Waals surface area (Å²) in [4.78, 5) is 20.7. The Bertz CT molecular complexity index is 1280. The van der Waals surface area contributed by atoms with Gasteiger partial charge in [-0.3, -0.25) is 0 Å². The number of pyridine rings is 1. The van der Waals surface area contributed by atoms with Crippen molar-refractivity contribution in [3.63, 3.8) is 0 Å². The molecule has 1 fully saturated rings. The standard InChI is InChI=1S/C25H26F4N4O3/c1-4-36-24(34)21-22(25(27,28)29)17-13-15(26)5-7-18(17)31-23(21)32(2)19-8-6-16(14-20(19)35-3)33-11-9-30-10-12-33/h5-8,13-14,30H,4,9-12H2,1-3H3. The molecule has 1 saturated heterocycles. The van der Waals surface area contributed by atoms with Crippen molar-refractivity contribution in [3.8, 4) is 5.75 Å². The quantitative estimate of drug-likeness (QED) is 0.382. The van der Waals surface area contributed by atoms with E-state index in [4.69, 9.17) is 9.47 Å². The van der Waals surface area contributed by atoms with Crippen LogP contribution in [0.4, 0.5) is 34.8 Å². The van der Waals surface area contributed by atoms with E-state index in [0.717, 1.165) is 50.1 Å². The van der Waals surface area contributed by atoms with Crippen LogP contribution in [0.5, 0.6) is 5.75 Å². The second-order valence-electron chi connectivity index (χ2n) is 8.22. The second kappa shape index (κ2) is 10.2. The Morgan fingerprint density at radius 2 is 1.89 bits per heavy atom. The summed E-state index contributed by atoms with van der Waals surface area (Å²) in [5.74, 6) is -1.98. The third-order valence-electron chi connectivity index (χ3n) is 6.02. The van der Waals surface area contributed by atoms with Gasteiger partial charge >= 0.3 is 12.1 Å². The monoisotopic (exact) mass is 506 g/mol. The molecule has 0 spiro atoms. The van der Waals surface area contributed by atoms with Gasteiger partial charge in [-0.05, 0) is 37.3 Å². The van der Waals surface area contributed by atoms with Crippen molar-refractivity contribution in [3.05, 3.63) is 53.3 Å². The van der Waals surface area contributed by atoms with Gasteiger partial charge in [0.05, 0.1) is 30.5 Å². The molecule has 0 unspecified atom stereocenters. The van der Waals surface area contributed by atoms with Crippen molar-refractivity contribution in [2.24, 2.45) is 0 Å². The summed E-state index contributed by atoms with van der Waals surface area (Å²) in [7, 11) is 2.95. The van der Waals surface area contributed by atoms with Gasteiger partial charge in [-0.1, -0.05) is 0 Å². The molecule has 0 amide bonds. The van der Waals surface area contributed by atoms with Crippen LogP contribution in [0.3, 0.4) is 0 Å². The van der Waals surface area contributed by atoms with Crippen LogP contribution in [-0.2, 0) is 10.9 Å². The number of ether oxygens (including phenoxy) is 2. The smallest absolute Gasteiger partial charge is 0.418 e. The lowest BCUT2D eigenvalue weighted by molar-refractivity contribution is -0.136. The maximum absolute atomic E-state index is 14.3. The van der Waals surface area contributed by atoms with Gasteiger partial charge in [0.2, 0.25) is 0 Å². The molecule has 0 saturated carbocycles. The van der Waals surface area contributed by atoms with Gasteiger partial charge in [-0.25, -0.2) is 14.2 Å². The molecule has 192 valence electrons. The molecule has 2 aromatic carbocycles. The van der Waals surface area contributed by atoms with Gasteiger partial charge in [0.1, 0.15) is 22.9 Å². The number of carbonyl (C=O) groups excluding carboxylic acids is 1. The Hall–Kier alpha value is -3.60. The van der Waals surface area contributed by atoms with Gasteiger partial charge in [0.25, 0.3) is 0 Å². The lowest BCUT2D eigenvalue weighted by atomic mass is 10.0. The molecule has 3 aromatic rings. The maximum Gasteiger partial charge on any atom is 0.418 e. The van der Waals surface area contributed by atoms with Crippen LogP contribution in [0.1, 0.15) is 22.8 Å². The van der Waals surface area contributed by atoms with Crippen LogP contribution in [0.25, 0.3) is 10.9 Å². The highest BCUT2D eigenvalue weighted by atomic mass is 19.4. The van der Waals surface area contributed by atoms with Crippen molar-refractivity contribution in [2.45, 2.75) is 13.1 Å². The number of alkyl halides is 3. The van der Waals surface area contributed by atoms with Crippen LogP contribution in [0.2, 0.25) is 0 Å². The highest BCUT2D eigenvalue weighted by molar-refractivity contribution is 6.03. The number of methoxy groups -OCH3 is 1. The van der Waals surface area contributed by atoms with Crippen molar-refractivity contribution in [1.82, 2.24) is 10.3 Å². The average molecular weight is 507 g/mol. The number of halogens is 4. The summed E-state index contributed by atoms with van der Waals surface area (Å²) < 4.78 is 67.6. The zero-order valence-corrected chi connectivity index (χ0v) is 20.1. The lowest BCUT2D eigenvalue weighted by Crippen LogP contribution is -2.43. The minimum Gasteiger partial charge on any atom is -0.494 e. The average Bonchev–Trinajstić information content (AvgIpc) is 2.86. The van der Waals surface area contributed by atoms with Gasteiger partial charge in [0, 0.05) is 50.4 Å². The largest absolute Gasteiger partial charge is 0.494 e. The van der Waals surface area contributed by atoms with E-state index in [2.05, 4.69) is 15.2 Å². The molecule has 11 heteroatoms. The molecule has 1 aliphatic heterocycles. The zero-order valence-electron chi connectivity index (χ0n) is 20.1. The van der Waals surface area contributed by atoms with E-state index in [0.29, 0.717) is 11.4 Å². The third-order valence-corrected chi connectivity index (χ3v) is 6.02. The molecule has 0 radical (unpaired) electrons. The Labute approximate surface area is 205 Å². The summed E-state index contributed by atoms with van der Waals surface area (Å²) in [5, 5.41) is 2.75. The van der Waals surface area contributed by atoms with Crippen molar-refractivity contribution in [2.75, 3.05) is 56.7 Å². The Morgan fingerprint density at radius 1 is 1.17 bits per heavy atom. The second-order valence-corrected chi connectivity index (χ2v) is 8.22. The number of esters is 1. The van der Waals surface area contributed by atoms with Crippen molar-refractivity contribution >= 4 is 34.1 Å². The van der Waals surface area contributed by atoms with Crippen LogP contribution >= 0.6 is 0 Å². The maximum atomic E-state index is 14.3. The fourth-order valence-corrected chi connectivity index (χ4v) is 4.33. The Kier molecular flexibility index (Phi) is 7.21. The highest BCUT2D eigenvalue weighted by Gasteiger charge is 2.41. The predicted molar refractivity (Wildman–Crippen MR) is 129 cm³/mol. The number of anilines is 3. The highest BCUT2D eigenvalue weighted by Crippen LogP contribution is 2.43. The van der Waals surface area contributed by atoms with Crippen LogP contribution in [0, 0.1) is 5.82 Å². The Balaban J connectivity index is 1.92. The van der Waals surface area contributed by atoms with E-state index < -0.39 is 34.5 Å². The minimum atomic E-state index is -4.98. The van der Waals surface area contributed by atoms with E-state index in [-0.39, 0.29) is 17.9 Å². The lowest BCUT2D eigenvalue weighted by Gasteiger charge is -2.31. The first-order valence-corrected chi connectivity index (χ1v) is 11.4. The molecule has 0 aliphatic carbocycles. The molecule has 4 rings (SSSR count). The molecular formula is C25H26F4N4O3. The number of carbonyl (C=O) groups is 1. The van der Waals surface area contributed by atoms with E-state index in [9.17, 15) is 22.4 Å². The number of rotatable bonds is 6. The summed E-state index contributed by atoms with van der Waals surface area (Å²) in [6.07, 6.45) is -4.98. The molecule has 1 N–H and O–H groups in total. The summed E-state index contributed by atoms with van der Waals surface area (Å²) in [6, 6.07) is 8.23. The van der Waals surface area contributed by atoms with Crippen LogP contribution in [-0.4, -0.2) is 57.9 Å². The van der Waals surface area contributed by atoms with E-state index in [1.165, 1.54) is 26.0 Å². The normalized spacial score (nSPS) is 14.1. The molecule has 7 nitrogen and oxygen atoms in total. The fourth-order valence-electron chi connectivity index (χ4n) is 4.33. The number of piperazine rings is 1. The zero-order chi connectivity index (χ0) is 26.0. The molecule has 1 aliphatic rings. The first-order valence-electron chi connectivity index (χ1n) is 11.4. The SMILES string of the molecule is CCOC(=O)c1c(N(C)c2ccc(N3CCNCC3)cc2OC)nc2ccc(F)cc2c1C(F)(F)F. The molecule has 0 bridgehead atoms. The number of hydrogen-bond acceptors (Lipinski definition) is 7. The predicted octanol–water partition coefficient (Wildman–Crippen LogP) is 4.76. The number of aromatic nitrogens is 1. The number of nitrogens with one attached hydrogen (secondary N) is 1. The number of nitrogens with zero attached hydrogens (tertiary/aromatic N) is 3. The van der Waals surface area contributed by atoms with E-state index >= 15 is 0 Å². The number of benzene rings is 2.